The van der Waals surface area contributed by atoms with Gasteiger partial charge in [-0.2, -0.15) is 0 Å². The van der Waals surface area contributed by atoms with Crippen LogP contribution in [0.4, 0.5) is 4.79 Å². The number of carbonyl (C=O) groups is 1. The van der Waals surface area contributed by atoms with E-state index in [9.17, 15) is 9.90 Å². The zero-order valence-electron chi connectivity index (χ0n) is 14.7. The number of likely N-dealkylation sites (tertiary alicyclic amines) is 1. The molecule has 3 N–H and O–H groups in total. The van der Waals surface area contributed by atoms with E-state index in [0.29, 0.717) is 19.6 Å². The molecule has 2 aliphatic heterocycles. The van der Waals surface area contributed by atoms with Crippen LogP contribution in [0.3, 0.4) is 0 Å². The van der Waals surface area contributed by atoms with Gasteiger partial charge < -0.3 is 25.4 Å². The second kappa shape index (κ2) is 8.65. The summed E-state index contributed by atoms with van der Waals surface area (Å²) in [4.78, 5) is 14.5. The lowest BCUT2D eigenvalue weighted by Crippen LogP contribution is -2.51. The predicted octanol–water partition coefficient (Wildman–Crippen LogP) is 1.14. The van der Waals surface area contributed by atoms with Crippen molar-refractivity contribution in [3.63, 3.8) is 0 Å². The van der Waals surface area contributed by atoms with Gasteiger partial charge in [0.15, 0.2) is 0 Å². The quantitative estimate of drug-likeness (QED) is 0.722. The molecule has 1 aromatic carbocycles. The number of carbonyl (C=O) groups excluding carboxylic acids is 1. The van der Waals surface area contributed by atoms with Crippen molar-refractivity contribution in [1.29, 1.82) is 0 Å². The van der Waals surface area contributed by atoms with Gasteiger partial charge in [0.05, 0.1) is 13.2 Å². The summed E-state index contributed by atoms with van der Waals surface area (Å²) in [6, 6.07) is 10.6. The number of hydrogen-bond acceptors (Lipinski definition) is 4. The van der Waals surface area contributed by atoms with E-state index in [1.54, 1.807) is 0 Å². The molecule has 2 heterocycles. The second-order valence-electron chi connectivity index (χ2n) is 7.21. The normalized spacial score (nSPS) is 25.0. The van der Waals surface area contributed by atoms with E-state index in [1.807, 2.05) is 6.07 Å². The lowest BCUT2D eigenvalue weighted by Gasteiger charge is -2.32. The first-order chi connectivity index (χ1) is 12.1. The Labute approximate surface area is 149 Å². The summed E-state index contributed by atoms with van der Waals surface area (Å²) in [6.07, 6.45) is 3.58. The molecule has 0 saturated carbocycles. The highest BCUT2D eigenvalue weighted by atomic mass is 16.5. The van der Waals surface area contributed by atoms with E-state index in [-0.39, 0.29) is 18.6 Å². The highest BCUT2D eigenvalue weighted by molar-refractivity contribution is 5.74. The molecule has 1 unspecified atom stereocenters. The maximum absolute atomic E-state index is 12.0. The molecule has 1 atom stereocenters. The molecule has 0 bridgehead atoms. The molecule has 0 aliphatic carbocycles. The van der Waals surface area contributed by atoms with Crippen molar-refractivity contribution in [2.24, 2.45) is 0 Å². The molecule has 2 saturated heterocycles. The Kier molecular flexibility index (Phi) is 6.29. The van der Waals surface area contributed by atoms with Crippen LogP contribution in [-0.2, 0) is 11.2 Å². The van der Waals surface area contributed by atoms with Gasteiger partial charge in [-0.3, -0.25) is 0 Å². The molecule has 3 rings (SSSR count). The van der Waals surface area contributed by atoms with E-state index in [4.69, 9.17) is 4.74 Å². The van der Waals surface area contributed by atoms with Crippen LogP contribution >= 0.6 is 0 Å². The summed E-state index contributed by atoms with van der Waals surface area (Å²) in [7, 11) is 0. The third-order valence-corrected chi connectivity index (χ3v) is 5.14. The molecule has 6 heteroatoms. The van der Waals surface area contributed by atoms with Gasteiger partial charge in [0.25, 0.3) is 0 Å². The summed E-state index contributed by atoms with van der Waals surface area (Å²) in [6.45, 7) is 4.18. The predicted molar refractivity (Wildman–Crippen MR) is 96.5 cm³/mol. The first kappa shape index (κ1) is 18.2. The lowest BCUT2D eigenvalue weighted by molar-refractivity contribution is 0.0290. The Morgan fingerprint density at radius 2 is 2.04 bits per heavy atom. The van der Waals surface area contributed by atoms with Gasteiger partial charge in [-0.05, 0) is 24.8 Å². The number of ether oxygens (including phenoxy) is 1. The Morgan fingerprint density at radius 3 is 2.72 bits per heavy atom. The van der Waals surface area contributed by atoms with E-state index in [1.165, 1.54) is 5.56 Å². The maximum atomic E-state index is 12.0. The second-order valence-corrected chi connectivity index (χ2v) is 7.21. The van der Waals surface area contributed by atoms with Crippen molar-refractivity contribution in [1.82, 2.24) is 15.5 Å². The van der Waals surface area contributed by atoms with Crippen molar-refractivity contribution in [3.05, 3.63) is 35.9 Å². The highest BCUT2D eigenvalue weighted by Gasteiger charge is 2.32. The summed E-state index contributed by atoms with van der Waals surface area (Å²) >= 11 is 0. The van der Waals surface area contributed by atoms with Crippen LogP contribution in [-0.4, -0.2) is 67.1 Å². The molecule has 1 aromatic rings. The molecule has 0 aromatic heterocycles. The summed E-state index contributed by atoms with van der Waals surface area (Å²) in [5.74, 6) is 0. The minimum absolute atomic E-state index is 0.192. The Bertz CT molecular complexity index is 538. The molecule has 2 fully saturated rings. The fraction of sp³-hybridized carbons (Fsp3) is 0.632. The smallest absolute Gasteiger partial charge is 0.315 e. The number of nitrogens with zero attached hydrogens (tertiary/aromatic N) is 1. The Hall–Kier alpha value is -1.63. The molecule has 2 aliphatic rings. The zero-order valence-corrected chi connectivity index (χ0v) is 14.7. The molecule has 0 spiro atoms. The topological polar surface area (TPSA) is 73.8 Å². The summed E-state index contributed by atoms with van der Waals surface area (Å²) in [5, 5.41) is 16.0. The van der Waals surface area contributed by atoms with Crippen LogP contribution in [0.2, 0.25) is 0 Å². The number of amides is 2. The van der Waals surface area contributed by atoms with Crippen molar-refractivity contribution >= 4 is 6.03 Å². The molecule has 2 amide bonds. The number of urea groups is 1. The average Bonchev–Trinajstić information content (AvgIpc) is 3.07. The molecule has 138 valence electrons. The lowest BCUT2D eigenvalue weighted by atomic mass is 10.0. The average molecular weight is 347 g/mol. The fourth-order valence-corrected chi connectivity index (χ4v) is 3.45. The monoisotopic (exact) mass is 347 g/mol. The molecular formula is C19H29N3O3. The third-order valence-electron chi connectivity index (χ3n) is 5.14. The van der Waals surface area contributed by atoms with Crippen LogP contribution in [0, 0.1) is 0 Å². The number of rotatable bonds is 6. The third kappa shape index (κ3) is 5.70. The standard InChI is InChI=1S/C19H29N3O3/c23-18(20-14-19(24)9-13-25-15-19)21-17-7-11-22(12-8-17)10-6-16-4-2-1-3-5-16/h1-5,17,24H,6-15H2,(H2,20,21,23). The minimum Gasteiger partial charge on any atom is -0.386 e. The largest absolute Gasteiger partial charge is 0.386 e. The SMILES string of the molecule is O=C(NCC1(O)CCOC1)NC1CCN(CCc2ccccc2)CC1. The number of piperidine rings is 1. The first-order valence-electron chi connectivity index (χ1n) is 9.24. The zero-order chi connectivity index (χ0) is 17.5. The number of aliphatic hydroxyl groups is 1. The highest BCUT2D eigenvalue weighted by Crippen LogP contribution is 2.17. The minimum atomic E-state index is -0.905. The number of hydrogen-bond donors (Lipinski definition) is 3. The summed E-state index contributed by atoms with van der Waals surface area (Å²) in [5.41, 5.74) is 0.467. The van der Waals surface area contributed by atoms with Crippen LogP contribution in [0.25, 0.3) is 0 Å². The van der Waals surface area contributed by atoms with Gasteiger partial charge in [0.2, 0.25) is 0 Å². The van der Waals surface area contributed by atoms with Crippen LogP contribution < -0.4 is 10.6 Å². The summed E-state index contributed by atoms with van der Waals surface area (Å²) < 4.78 is 5.18. The van der Waals surface area contributed by atoms with Crippen LogP contribution in [0.15, 0.2) is 30.3 Å². The van der Waals surface area contributed by atoms with E-state index in [0.717, 1.165) is 38.9 Å². The Morgan fingerprint density at radius 1 is 1.28 bits per heavy atom. The first-order valence-corrected chi connectivity index (χ1v) is 9.24. The van der Waals surface area contributed by atoms with Crippen molar-refractivity contribution < 1.29 is 14.6 Å². The van der Waals surface area contributed by atoms with E-state index >= 15 is 0 Å². The van der Waals surface area contributed by atoms with Crippen molar-refractivity contribution in [3.8, 4) is 0 Å². The van der Waals surface area contributed by atoms with Crippen molar-refractivity contribution in [2.45, 2.75) is 37.3 Å². The number of benzene rings is 1. The van der Waals surface area contributed by atoms with Gasteiger partial charge in [-0.25, -0.2) is 4.79 Å². The number of nitrogens with one attached hydrogen (secondary N) is 2. The Balaban J connectivity index is 1.31. The molecule has 6 nitrogen and oxygen atoms in total. The molecule has 0 radical (unpaired) electrons. The fourth-order valence-electron chi connectivity index (χ4n) is 3.45. The van der Waals surface area contributed by atoms with E-state index in [2.05, 4.69) is 39.8 Å². The van der Waals surface area contributed by atoms with Crippen LogP contribution in [0.5, 0.6) is 0 Å². The molecular weight excluding hydrogens is 318 g/mol. The van der Waals surface area contributed by atoms with Crippen LogP contribution in [0.1, 0.15) is 24.8 Å². The maximum Gasteiger partial charge on any atom is 0.315 e. The van der Waals surface area contributed by atoms with E-state index < -0.39 is 5.60 Å². The van der Waals surface area contributed by atoms with Gasteiger partial charge in [-0.1, -0.05) is 30.3 Å². The van der Waals surface area contributed by atoms with Gasteiger partial charge in [0, 0.05) is 38.7 Å². The van der Waals surface area contributed by atoms with Gasteiger partial charge in [0.1, 0.15) is 5.60 Å². The van der Waals surface area contributed by atoms with Gasteiger partial charge in [-0.15, -0.1) is 0 Å². The van der Waals surface area contributed by atoms with Crippen molar-refractivity contribution in [2.75, 3.05) is 39.4 Å². The van der Waals surface area contributed by atoms with Gasteiger partial charge >= 0.3 is 6.03 Å². The molecule has 25 heavy (non-hydrogen) atoms.